The third-order valence-corrected chi connectivity index (χ3v) is 6.46. The lowest BCUT2D eigenvalue weighted by atomic mass is 9.94. The van der Waals surface area contributed by atoms with E-state index in [2.05, 4.69) is 18.7 Å². The van der Waals surface area contributed by atoms with Gasteiger partial charge in [0, 0.05) is 42.2 Å². The van der Waals surface area contributed by atoms with Crippen molar-refractivity contribution in [1.82, 2.24) is 0 Å². The first-order valence-electron chi connectivity index (χ1n) is 11.9. The highest BCUT2D eigenvalue weighted by Crippen LogP contribution is 2.43. The van der Waals surface area contributed by atoms with Crippen LogP contribution in [-0.2, 0) is 9.59 Å². The molecule has 1 fully saturated rings. The standard InChI is InChI=1S/C28H27N3O6/c1-4-29(5-2)20-11-9-18(10-12-20)25-24(26(32)19-7-6-8-22(17-19)31(35)36)27(33)28(34)30(25)21-13-15-23(37-3)16-14-21/h6-17,25,32H,4-5H2,1-3H3/b26-24-. The maximum absolute atomic E-state index is 13.3. The number of aliphatic hydroxyl groups excluding tert-OH is 1. The molecule has 9 nitrogen and oxygen atoms in total. The van der Waals surface area contributed by atoms with Gasteiger partial charge in [0.05, 0.1) is 23.6 Å². The average Bonchev–Trinajstić information content (AvgIpc) is 3.19. The zero-order valence-corrected chi connectivity index (χ0v) is 20.7. The molecule has 0 spiro atoms. The number of Topliss-reactive ketones (excluding diaryl/α,β-unsaturated/α-hetero) is 1. The minimum atomic E-state index is -0.946. The summed E-state index contributed by atoms with van der Waals surface area (Å²) in [6.45, 7) is 5.73. The van der Waals surface area contributed by atoms with Crippen molar-refractivity contribution >= 4 is 34.5 Å². The lowest BCUT2D eigenvalue weighted by molar-refractivity contribution is -0.384. The molecule has 1 atom stereocenters. The van der Waals surface area contributed by atoms with Crippen molar-refractivity contribution in [2.45, 2.75) is 19.9 Å². The number of carbonyl (C=O) groups excluding carboxylic acids is 2. The first-order valence-corrected chi connectivity index (χ1v) is 11.9. The fourth-order valence-electron chi connectivity index (χ4n) is 4.54. The van der Waals surface area contributed by atoms with E-state index in [0.717, 1.165) is 18.8 Å². The second-order valence-corrected chi connectivity index (χ2v) is 8.44. The molecule has 1 N–H and O–H groups in total. The molecule has 0 bridgehead atoms. The number of rotatable bonds is 8. The SMILES string of the molecule is CCN(CC)c1ccc(C2/C(=C(/O)c3cccc([N+](=O)[O-])c3)C(=O)C(=O)N2c2ccc(OC)cc2)cc1. The van der Waals surface area contributed by atoms with Crippen molar-refractivity contribution in [2.24, 2.45) is 0 Å². The molecule has 1 aliphatic heterocycles. The molecule has 1 aliphatic rings. The maximum atomic E-state index is 13.3. The monoisotopic (exact) mass is 501 g/mol. The molecule has 1 heterocycles. The third-order valence-electron chi connectivity index (χ3n) is 6.46. The van der Waals surface area contributed by atoms with Gasteiger partial charge in [0.1, 0.15) is 11.5 Å². The summed E-state index contributed by atoms with van der Waals surface area (Å²) in [5.41, 5.74) is 1.72. The molecule has 1 saturated heterocycles. The number of anilines is 2. The van der Waals surface area contributed by atoms with Gasteiger partial charge in [-0.2, -0.15) is 0 Å². The molecular formula is C28H27N3O6. The summed E-state index contributed by atoms with van der Waals surface area (Å²) in [6, 6.07) is 18.5. The number of methoxy groups -OCH3 is 1. The molecule has 3 aromatic rings. The molecule has 0 radical (unpaired) electrons. The van der Waals surface area contributed by atoms with E-state index in [9.17, 15) is 24.8 Å². The Morgan fingerprint density at radius 2 is 1.68 bits per heavy atom. The van der Waals surface area contributed by atoms with Crippen LogP contribution in [0.5, 0.6) is 5.75 Å². The second-order valence-electron chi connectivity index (χ2n) is 8.44. The van der Waals surface area contributed by atoms with Crippen molar-refractivity contribution < 1.29 is 24.4 Å². The first kappa shape index (κ1) is 25.4. The van der Waals surface area contributed by atoms with Gasteiger partial charge in [-0.1, -0.05) is 24.3 Å². The normalized spacial score (nSPS) is 16.6. The number of non-ortho nitro benzene ring substituents is 1. The molecule has 190 valence electrons. The smallest absolute Gasteiger partial charge is 0.300 e. The van der Waals surface area contributed by atoms with Gasteiger partial charge in [0.15, 0.2) is 0 Å². The van der Waals surface area contributed by atoms with Crippen molar-refractivity contribution in [3.63, 3.8) is 0 Å². The minimum Gasteiger partial charge on any atom is -0.507 e. The number of amides is 1. The number of hydrogen-bond acceptors (Lipinski definition) is 7. The summed E-state index contributed by atoms with van der Waals surface area (Å²) in [7, 11) is 1.53. The van der Waals surface area contributed by atoms with E-state index < -0.39 is 28.4 Å². The van der Waals surface area contributed by atoms with Gasteiger partial charge < -0.3 is 14.7 Å². The van der Waals surface area contributed by atoms with Gasteiger partial charge in [-0.15, -0.1) is 0 Å². The van der Waals surface area contributed by atoms with E-state index >= 15 is 0 Å². The fourth-order valence-corrected chi connectivity index (χ4v) is 4.54. The van der Waals surface area contributed by atoms with Gasteiger partial charge in [-0.05, 0) is 55.8 Å². The van der Waals surface area contributed by atoms with Crippen molar-refractivity contribution in [1.29, 1.82) is 0 Å². The molecule has 1 unspecified atom stereocenters. The van der Waals surface area contributed by atoms with Gasteiger partial charge in [-0.25, -0.2) is 0 Å². The third kappa shape index (κ3) is 4.75. The number of nitro benzene ring substituents is 1. The van der Waals surface area contributed by atoms with Crippen molar-refractivity contribution in [3.05, 3.63) is 99.6 Å². The van der Waals surface area contributed by atoms with Gasteiger partial charge in [0.25, 0.3) is 17.4 Å². The number of nitro groups is 1. The predicted molar refractivity (Wildman–Crippen MR) is 141 cm³/mol. The Hall–Kier alpha value is -4.66. The van der Waals surface area contributed by atoms with Crippen molar-refractivity contribution in [3.8, 4) is 5.75 Å². The predicted octanol–water partition coefficient (Wildman–Crippen LogP) is 5.08. The summed E-state index contributed by atoms with van der Waals surface area (Å²) < 4.78 is 5.22. The highest BCUT2D eigenvalue weighted by Gasteiger charge is 2.47. The average molecular weight is 502 g/mol. The van der Waals surface area contributed by atoms with E-state index in [-0.39, 0.29) is 16.8 Å². The molecule has 3 aromatic carbocycles. The van der Waals surface area contributed by atoms with Crippen LogP contribution in [0.1, 0.15) is 31.0 Å². The van der Waals surface area contributed by atoms with Gasteiger partial charge >= 0.3 is 0 Å². The van der Waals surface area contributed by atoms with Crippen molar-refractivity contribution in [2.75, 3.05) is 30.0 Å². The molecule has 0 aliphatic carbocycles. The van der Waals surface area contributed by atoms with Crippen LogP contribution in [0.2, 0.25) is 0 Å². The second kappa shape index (κ2) is 10.5. The highest BCUT2D eigenvalue weighted by molar-refractivity contribution is 6.51. The number of ether oxygens (including phenoxy) is 1. The van der Waals surface area contributed by atoms with Crippen LogP contribution in [0.4, 0.5) is 17.1 Å². The topological polar surface area (TPSA) is 113 Å². The lowest BCUT2D eigenvalue weighted by Gasteiger charge is -2.27. The molecule has 0 aromatic heterocycles. The number of carbonyl (C=O) groups is 2. The fraction of sp³-hybridized carbons (Fsp3) is 0.214. The number of aliphatic hydroxyl groups is 1. The summed E-state index contributed by atoms with van der Waals surface area (Å²) >= 11 is 0. The Balaban J connectivity index is 1.90. The number of hydrogen-bond donors (Lipinski definition) is 1. The number of benzene rings is 3. The molecule has 37 heavy (non-hydrogen) atoms. The van der Waals surface area contributed by atoms with E-state index in [1.165, 1.54) is 36.3 Å². The molecule has 9 heteroatoms. The Labute approximate surface area is 214 Å². The summed E-state index contributed by atoms with van der Waals surface area (Å²) in [5.74, 6) is -1.58. The molecule has 0 saturated carbocycles. The Morgan fingerprint density at radius 1 is 1.03 bits per heavy atom. The van der Waals surface area contributed by atoms with E-state index in [1.54, 1.807) is 24.3 Å². The maximum Gasteiger partial charge on any atom is 0.300 e. The van der Waals surface area contributed by atoms with Gasteiger partial charge in [0.2, 0.25) is 0 Å². The summed E-state index contributed by atoms with van der Waals surface area (Å²) in [5, 5.41) is 22.5. The van der Waals surface area contributed by atoms with Crippen LogP contribution in [0.15, 0.2) is 78.4 Å². The zero-order chi connectivity index (χ0) is 26.7. The van der Waals surface area contributed by atoms with E-state index in [1.807, 2.05) is 24.3 Å². The van der Waals surface area contributed by atoms with E-state index in [4.69, 9.17) is 4.74 Å². The van der Waals surface area contributed by atoms with Crippen LogP contribution in [-0.4, -0.2) is 41.9 Å². The molecule has 4 rings (SSSR count). The van der Waals surface area contributed by atoms with Crippen LogP contribution >= 0.6 is 0 Å². The summed E-state index contributed by atoms with van der Waals surface area (Å²) in [4.78, 5) is 40.8. The Bertz CT molecular complexity index is 1360. The number of ketones is 1. The van der Waals surface area contributed by atoms with Crippen LogP contribution < -0.4 is 14.5 Å². The number of nitrogens with zero attached hydrogens (tertiary/aromatic N) is 3. The van der Waals surface area contributed by atoms with Crippen LogP contribution in [0.3, 0.4) is 0 Å². The highest BCUT2D eigenvalue weighted by atomic mass is 16.6. The van der Waals surface area contributed by atoms with Gasteiger partial charge in [-0.3, -0.25) is 24.6 Å². The zero-order valence-electron chi connectivity index (χ0n) is 20.7. The van der Waals surface area contributed by atoms with Crippen LogP contribution in [0.25, 0.3) is 5.76 Å². The Morgan fingerprint density at radius 3 is 2.24 bits per heavy atom. The molecular weight excluding hydrogens is 474 g/mol. The van der Waals surface area contributed by atoms with E-state index in [0.29, 0.717) is 17.0 Å². The molecule has 1 amide bonds. The lowest BCUT2D eigenvalue weighted by Crippen LogP contribution is -2.29. The first-order chi connectivity index (χ1) is 17.8. The Kier molecular flexibility index (Phi) is 7.24. The summed E-state index contributed by atoms with van der Waals surface area (Å²) in [6.07, 6.45) is 0. The largest absolute Gasteiger partial charge is 0.507 e. The minimum absolute atomic E-state index is 0.0756. The quantitative estimate of drug-likeness (QED) is 0.151. The van der Waals surface area contributed by atoms with Crippen LogP contribution in [0, 0.1) is 10.1 Å².